The second kappa shape index (κ2) is 9.32. The van der Waals surface area contributed by atoms with Crippen LogP contribution in [0.5, 0.6) is 0 Å². The van der Waals surface area contributed by atoms with E-state index in [1.165, 1.54) is 12.1 Å². The van der Waals surface area contributed by atoms with E-state index < -0.39 is 18.3 Å². The molecule has 8 heteroatoms. The van der Waals surface area contributed by atoms with Crippen molar-refractivity contribution < 1.29 is 18.5 Å². The number of nitrogens with one attached hydrogen (secondary N) is 1. The van der Waals surface area contributed by atoms with Crippen LogP contribution in [0.15, 0.2) is 48.5 Å². The molecule has 1 N–H and O–H groups in total. The highest BCUT2D eigenvalue weighted by Crippen LogP contribution is 2.62. The van der Waals surface area contributed by atoms with Crippen LogP contribution in [0.1, 0.15) is 44.6 Å². The summed E-state index contributed by atoms with van der Waals surface area (Å²) in [6.45, 7) is 8.96. The topological polar surface area (TPSA) is 90.7 Å². The van der Waals surface area contributed by atoms with Crippen LogP contribution < -0.4 is 5.32 Å². The van der Waals surface area contributed by atoms with E-state index in [9.17, 15) is 14.7 Å². The van der Waals surface area contributed by atoms with E-state index in [4.69, 9.17) is 9.05 Å². The molecule has 2 aromatic carbocycles. The van der Waals surface area contributed by atoms with Crippen molar-refractivity contribution in [1.82, 2.24) is 0 Å². The number of hydrogen-bond acceptors (Lipinski definition) is 6. The lowest BCUT2D eigenvalue weighted by atomic mass is 10.1. The first-order chi connectivity index (χ1) is 13.1. The van der Waals surface area contributed by atoms with Crippen LogP contribution in [-0.2, 0) is 13.6 Å². The molecule has 0 heterocycles. The Bertz CT molecular complexity index is 841. The molecule has 0 aliphatic heterocycles. The van der Waals surface area contributed by atoms with E-state index in [1.807, 2.05) is 30.3 Å². The van der Waals surface area contributed by atoms with Gasteiger partial charge in [-0.15, -0.1) is 0 Å². The standard InChI is InChI=1S/C20H27N2O5P/c1-14(2)26-28(25,27-15(3)4)20(17-9-7-6-8-10-17)21-19-12-11-18(22(23)24)13-16(19)5/h6-15,20-21H,1-5H3. The van der Waals surface area contributed by atoms with Crippen LogP contribution in [0.3, 0.4) is 0 Å². The monoisotopic (exact) mass is 406 g/mol. The zero-order valence-electron chi connectivity index (χ0n) is 16.8. The minimum atomic E-state index is -3.62. The Morgan fingerprint density at radius 3 is 2.04 bits per heavy atom. The Hall–Kier alpha value is -2.21. The molecule has 0 spiro atoms. The molecule has 0 radical (unpaired) electrons. The lowest BCUT2D eigenvalue weighted by molar-refractivity contribution is -0.384. The predicted molar refractivity (Wildman–Crippen MR) is 111 cm³/mol. The van der Waals surface area contributed by atoms with Crippen LogP contribution in [-0.4, -0.2) is 17.1 Å². The van der Waals surface area contributed by atoms with Crippen molar-refractivity contribution in [3.8, 4) is 0 Å². The lowest BCUT2D eigenvalue weighted by Gasteiger charge is -2.31. The zero-order valence-corrected chi connectivity index (χ0v) is 17.7. The van der Waals surface area contributed by atoms with E-state index in [2.05, 4.69) is 5.32 Å². The quantitative estimate of drug-likeness (QED) is 0.309. The number of rotatable bonds is 9. The van der Waals surface area contributed by atoms with Gasteiger partial charge in [0.2, 0.25) is 0 Å². The summed E-state index contributed by atoms with van der Waals surface area (Å²) in [4.78, 5) is 10.6. The van der Waals surface area contributed by atoms with Crippen molar-refractivity contribution in [2.45, 2.75) is 52.6 Å². The molecule has 0 aliphatic rings. The molecule has 0 saturated carbocycles. The smallest absolute Gasteiger partial charge is 0.357 e. The van der Waals surface area contributed by atoms with Crippen molar-refractivity contribution in [2.75, 3.05) is 5.32 Å². The number of benzene rings is 2. The molecular weight excluding hydrogens is 379 g/mol. The molecule has 7 nitrogen and oxygen atoms in total. The minimum absolute atomic E-state index is 0.000598. The molecule has 1 unspecified atom stereocenters. The molecule has 0 aliphatic carbocycles. The van der Waals surface area contributed by atoms with Gasteiger partial charge in [-0.25, -0.2) is 0 Å². The number of hydrogen-bond donors (Lipinski definition) is 1. The summed E-state index contributed by atoms with van der Waals surface area (Å²) >= 11 is 0. The van der Waals surface area contributed by atoms with Gasteiger partial charge in [-0.3, -0.25) is 14.7 Å². The number of aryl methyl sites for hydroxylation is 1. The normalized spacial score (nSPS) is 13.0. The van der Waals surface area contributed by atoms with Crippen LogP contribution in [0.25, 0.3) is 0 Å². The molecule has 0 fully saturated rings. The Kier molecular flexibility index (Phi) is 7.35. The predicted octanol–water partition coefficient (Wildman–Crippen LogP) is 6.06. The Morgan fingerprint density at radius 1 is 1.00 bits per heavy atom. The molecule has 2 rings (SSSR count). The summed E-state index contributed by atoms with van der Waals surface area (Å²) in [5, 5.41) is 14.3. The minimum Gasteiger partial charge on any atom is -0.368 e. The Morgan fingerprint density at radius 2 is 1.57 bits per heavy atom. The van der Waals surface area contributed by atoms with Gasteiger partial charge in [-0.2, -0.15) is 0 Å². The first kappa shape index (κ1) is 22.1. The summed E-state index contributed by atoms with van der Waals surface area (Å²) in [5.41, 5.74) is 2.03. The number of nitrogens with zero attached hydrogens (tertiary/aromatic N) is 1. The van der Waals surface area contributed by atoms with Gasteiger partial charge in [-0.1, -0.05) is 30.3 Å². The number of nitro benzene ring substituents is 1. The molecule has 0 amide bonds. The second-order valence-corrected chi connectivity index (χ2v) is 9.08. The summed E-state index contributed by atoms with van der Waals surface area (Å²) in [6.07, 6.45) is -0.619. The maximum atomic E-state index is 13.8. The summed E-state index contributed by atoms with van der Waals surface area (Å²) in [5.74, 6) is -0.765. The highest BCUT2D eigenvalue weighted by Gasteiger charge is 2.39. The second-order valence-electron chi connectivity index (χ2n) is 7.06. The third-order valence-corrected chi connectivity index (χ3v) is 6.35. The number of non-ortho nitro benzene ring substituents is 1. The van der Waals surface area contributed by atoms with Gasteiger partial charge in [0.25, 0.3) is 5.69 Å². The van der Waals surface area contributed by atoms with Crippen LogP contribution in [0, 0.1) is 17.0 Å². The van der Waals surface area contributed by atoms with Gasteiger partial charge in [0.15, 0.2) is 5.78 Å². The van der Waals surface area contributed by atoms with Crippen molar-refractivity contribution in [1.29, 1.82) is 0 Å². The molecule has 2 aromatic rings. The number of anilines is 1. The fraction of sp³-hybridized carbons (Fsp3) is 0.400. The van der Waals surface area contributed by atoms with Crippen molar-refractivity contribution in [2.24, 2.45) is 0 Å². The zero-order chi connectivity index (χ0) is 20.9. The van der Waals surface area contributed by atoms with Crippen LogP contribution in [0.4, 0.5) is 11.4 Å². The van der Waals surface area contributed by atoms with Crippen molar-refractivity contribution in [3.05, 3.63) is 69.8 Å². The van der Waals surface area contributed by atoms with Gasteiger partial charge in [-0.05, 0) is 51.8 Å². The van der Waals surface area contributed by atoms with Gasteiger partial charge < -0.3 is 14.4 Å². The average molecular weight is 406 g/mol. The molecule has 28 heavy (non-hydrogen) atoms. The third-order valence-electron chi connectivity index (χ3n) is 3.86. The third kappa shape index (κ3) is 5.64. The highest BCUT2D eigenvalue weighted by molar-refractivity contribution is 7.54. The Balaban J connectivity index is 2.50. The van der Waals surface area contributed by atoms with Crippen LogP contribution in [0.2, 0.25) is 0 Å². The first-order valence-corrected chi connectivity index (χ1v) is 10.8. The number of nitro groups is 1. The average Bonchev–Trinajstić information content (AvgIpc) is 2.59. The van der Waals surface area contributed by atoms with Gasteiger partial charge in [0, 0.05) is 17.8 Å². The fourth-order valence-electron chi connectivity index (χ4n) is 2.79. The molecule has 0 aromatic heterocycles. The summed E-state index contributed by atoms with van der Waals surface area (Å²) in [7, 11) is -3.62. The summed E-state index contributed by atoms with van der Waals surface area (Å²) < 4.78 is 25.4. The van der Waals surface area contributed by atoms with Crippen molar-refractivity contribution in [3.63, 3.8) is 0 Å². The van der Waals surface area contributed by atoms with E-state index in [0.29, 0.717) is 11.3 Å². The molecule has 152 valence electrons. The van der Waals surface area contributed by atoms with Gasteiger partial charge in [0.05, 0.1) is 17.1 Å². The maximum Gasteiger partial charge on any atom is 0.357 e. The maximum absolute atomic E-state index is 13.8. The molecule has 1 atom stereocenters. The van der Waals surface area contributed by atoms with Crippen LogP contribution >= 0.6 is 7.60 Å². The molecular formula is C20H27N2O5P. The van der Waals surface area contributed by atoms with Crippen molar-refractivity contribution >= 4 is 19.0 Å². The van der Waals surface area contributed by atoms with E-state index >= 15 is 0 Å². The van der Waals surface area contributed by atoms with Gasteiger partial charge >= 0.3 is 7.60 Å². The van der Waals surface area contributed by atoms with Gasteiger partial charge in [0.1, 0.15) is 0 Å². The largest absolute Gasteiger partial charge is 0.368 e. The molecule has 0 saturated heterocycles. The Labute approximate surface area is 165 Å². The molecule has 0 bridgehead atoms. The lowest BCUT2D eigenvalue weighted by Crippen LogP contribution is -2.19. The first-order valence-electron chi connectivity index (χ1n) is 9.15. The van der Waals surface area contributed by atoms with E-state index in [-0.39, 0.29) is 17.9 Å². The fourth-order valence-corrected chi connectivity index (χ4v) is 5.09. The van der Waals surface area contributed by atoms with E-state index in [1.54, 1.807) is 40.7 Å². The SMILES string of the molecule is Cc1cc([N+](=O)[O-])ccc1NC(c1ccccc1)P(=O)(OC(C)C)OC(C)C. The van der Waals surface area contributed by atoms with E-state index in [0.717, 1.165) is 5.56 Å². The highest BCUT2D eigenvalue weighted by atomic mass is 31.2. The summed E-state index contributed by atoms with van der Waals surface area (Å²) in [6, 6.07) is 13.8.